The van der Waals surface area contributed by atoms with Crippen molar-refractivity contribution in [2.75, 3.05) is 20.3 Å². The third-order valence-electron chi connectivity index (χ3n) is 5.72. The normalized spacial score (nSPS) is 34.6. The third-order valence-corrected chi connectivity index (χ3v) is 6.37. The number of rotatable bonds is 3. The van der Waals surface area contributed by atoms with Gasteiger partial charge in [-0.05, 0) is 0 Å². The van der Waals surface area contributed by atoms with Crippen molar-refractivity contribution in [3.05, 3.63) is 12.2 Å². The number of fused-ring (bicyclic) bond motifs is 1. The molecule has 2 saturated heterocycles. The first kappa shape index (κ1) is 23.1. The molecule has 2 aliphatic carbocycles. The van der Waals surface area contributed by atoms with Gasteiger partial charge in [0.2, 0.25) is 7.59 Å². The molecule has 168 valence electrons. The fraction of sp³-hybridized carbons (Fsp3) is 0.750. The Morgan fingerprint density at radius 2 is 1.33 bits per heavy atom. The molecule has 1 saturated carbocycles. The lowest BCUT2D eigenvalue weighted by Gasteiger charge is -2.50. The van der Waals surface area contributed by atoms with Crippen molar-refractivity contribution >= 4 is 81.8 Å². The largest absolute Gasteiger partial charge is 0.444 e. The molecule has 30 heavy (non-hydrogen) atoms. The molecule has 3 heterocycles. The van der Waals surface area contributed by atoms with Crippen LogP contribution in [0.5, 0.6) is 0 Å². The van der Waals surface area contributed by atoms with Crippen LogP contribution in [0, 0.1) is 0 Å². The van der Waals surface area contributed by atoms with E-state index in [9.17, 15) is 9.59 Å². The Morgan fingerprint density at radius 3 is 1.67 bits per heavy atom. The topological polar surface area (TPSA) is 80.8 Å². The highest BCUT2D eigenvalue weighted by Crippen LogP contribution is 2.70. The van der Waals surface area contributed by atoms with Crippen molar-refractivity contribution in [2.45, 2.75) is 49.8 Å². The summed E-state index contributed by atoms with van der Waals surface area (Å²) in [6.45, 7) is -1.05. The van der Waals surface area contributed by atoms with Crippen molar-refractivity contribution in [1.82, 2.24) is 10.0 Å². The molecule has 3 aliphatic heterocycles. The molecular formula is C16H16Cl6N2O6. The van der Waals surface area contributed by atoms with Crippen LogP contribution in [0.3, 0.4) is 0 Å². The van der Waals surface area contributed by atoms with Crippen molar-refractivity contribution in [2.24, 2.45) is 0 Å². The molecule has 5 aliphatic rings. The summed E-state index contributed by atoms with van der Waals surface area (Å²) in [5.74, 6) is 0. The number of methoxy groups -OCH3 is 1. The van der Waals surface area contributed by atoms with Crippen LogP contribution in [0.1, 0.15) is 12.8 Å². The number of hydrogen-bond acceptors (Lipinski definition) is 6. The van der Waals surface area contributed by atoms with Crippen LogP contribution < -0.4 is 0 Å². The van der Waals surface area contributed by atoms with Gasteiger partial charge in [-0.2, -0.15) is 0 Å². The standard InChI is InChI=1S/C16H16Cl6N2O6/c1-27-8-4-13-9-2-3-10(14(13,5-8)30-13)24(12(26)29-7-16(20,21)22)23(9)11(25)28-6-15(17,18)19/h2-3,8-10H,4-7H2,1H3/t9-,10-,13+,14+/m0/s1. The van der Waals surface area contributed by atoms with Gasteiger partial charge in [-0.15, -0.1) is 0 Å². The summed E-state index contributed by atoms with van der Waals surface area (Å²) in [6, 6.07) is -1.32. The first-order valence-corrected chi connectivity index (χ1v) is 11.1. The molecule has 0 spiro atoms. The second-order valence-electron chi connectivity index (χ2n) is 7.45. The Bertz CT molecular complexity index is 727. The fourth-order valence-corrected chi connectivity index (χ4v) is 5.00. The van der Waals surface area contributed by atoms with Gasteiger partial charge >= 0.3 is 12.2 Å². The number of amides is 2. The first-order valence-electron chi connectivity index (χ1n) is 8.80. The number of carbonyl (C=O) groups excluding carboxylic acids is 2. The van der Waals surface area contributed by atoms with Crippen LogP contribution in [0.4, 0.5) is 9.59 Å². The molecule has 0 aromatic rings. The summed E-state index contributed by atoms with van der Waals surface area (Å²) in [7, 11) is 1.60. The number of nitrogens with zero attached hydrogens (tertiary/aromatic N) is 2. The van der Waals surface area contributed by atoms with Gasteiger partial charge in [0.15, 0.2) is 0 Å². The van der Waals surface area contributed by atoms with Gasteiger partial charge in [-0.1, -0.05) is 81.8 Å². The fourth-order valence-electron chi connectivity index (χ4n) is 4.68. The number of ether oxygens (including phenoxy) is 4. The molecular weight excluding hydrogens is 529 g/mol. The second-order valence-corrected chi connectivity index (χ2v) is 12.5. The minimum Gasteiger partial charge on any atom is -0.444 e. The highest BCUT2D eigenvalue weighted by molar-refractivity contribution is 6.68. The molecule has 2 bridgehead atoms. The van der Waals surface area contributed by atoms with Crippen molar-refractivity contribution in [3.63, 3.8) is 0 Å². The molecule has 3 fully saturated rings. The second kappa shape index (κ2) is 7.48. The van der Waals surface area contributed by atoms with Crippen LogP contribution in [-0.4, -0.2) is 79.5 Å². The predicted molar refractivity (Wildman–Crippen MR) is 110 cm³/mol. The van der Waals surface area contributed by atoms with E-state index in [0.717, 1.165) is 10.0 Å². The van der Waals surface area contributed by atoms with Gasteiger partial charge < -0.3 is 18.9 Å². The number of hydrazine groups is 1. The summed E-state index contributed by atoms with van der Waals surface area (Å²) >= 11 is 34.1. The lowest BCUT2D eigenvalue weighted by atomic mass is 9.76. The van der Waals surface area contributed by atoms with Crippen LogP contribution in [0.25, 0.3) is 0 Å². The SMILES string of the molecule is COC1C[C@]23O[C@]2(C1)[C@@H]1C=C[C@@H]3N(C(=O)OCC(Cl)(Cl)Cl)N1C(=O)OCC(Cl)(Cl)Cl. The lowest BCUT2D eigenvalue weighted by Crippen LogP contribution is -2.71. The summed E-state index contributed by atoms with van der Waals surface area (Å²) in [5.41, 5.74) is -1.42. The van der Waals surface area contributed by atoms with Gasteiger partial charge in [-0.25, -0.2) is 19.6 Å². The van der Waals surface area contributed by atoms with E-state index in [1.165, 1.54) is 0 Å². The Labute approximate surface area is 202 Å². The molecule has 5 rings (SSSR count). The van der Waals surface area contributed by atoms with E-state index in [1.807, 2.05) is 0 Å². The van der Waals surface area contributed by atoms with Crippen LogP contribution in [0.15, 0.2) is 12.2 Å². The maximum Gasteiger partial charge on any atom is 0.429 e. The summed E-state index contributed by atoms with van der Waals surface area (Å²) in [6.07, 6.45) is 2.73. The maximum atomic E-state index is 12.9. The smallest absolute Gasteiger partial charge is 0.429 e. The van der Waals surface area contributed by atoms with E-state index in [4.69, 9.17) is 88.6 Å². The van der Waals surface area contributed by atoms with Gasteiger partial charge in [0.05, 0.1) is 6.10 Å². The van der Waals surface area contributed by atoms with Crippen molar-refractivity contribution in [1.29, 1.82) is 0 Å². The zero-order valence-corrected chi connectivity index (χ0v) is 19.9. The van der Waals surface area contributed by atoms with Crippen LogP contribution in [-0.2, 0) is 18.9 Å². The number of carbonyl (C=O) groups is 2. The molecule has 0 aromatic carbocycles. The minimum absolute atomic E-state index is 0.0974. The Morgan fingerprint density at radius 1 is 0.933 bits per heavy atom. The van der Waals surface area contributed by atoms with E-state index in [1.54, 1.807) is 19.3 Å². The Hall–Kier alpha value is -0.0600. The van der Waals surface area contributed by atoms with Gasteiger partial charge in [-0.3, -0.25) is 0 Å². The third kappa shape index (κ3) is 3.71. The first-order chi connectivity index (χ1) is 13.8. The predicted octanol–water partition coefficient (Wildman–Crippen LogP) is 4.16. The number of halogens is 6. The molecule has 0 aromatic heterocycles. The highest BCUT2D eigenvalue weighted by Gasteiger charge is 2.86. The van der Waals surface area contributed by atoms with E-state index >= 15 is 0 Å². The summed E-state index contributed by atoms with van der Waals surface area (Å²) in [4.78, 5) is 25.9. The number of epoxide rings is 1. The van der Waals surface area contributed by atoms with E-state index in [-0.39, 0.29) is 6.10 Å². The molecule has 0 N–H and O–H groups in total. The minimum atomic E-state index is -1.83. The zero-order valence-electron chi connectivity index (χ0n) is 15.3. The zero-order chi connectivity index (χ0) is 22.1. The quantitative estimate of drug-likeness (QED) is 0.301. The molecule has 4 atom stereocenters. The highest BCUT2D eigenvalue weighted by atomic mass is 35.6. The van der Waals surface area contributed by atoms with Crippen molar-refractivity contribution < 1.29 is 28.5 Å². The Kier molecular flexibility index (Phi) is 5.77. The summed E-state index contributed by atoms with van der Waals surface area (Å²) < 4.78 is 18.3. The molecule has 0 radical (unpaired) electrons. The number of alkyl halides is 6. The number of hydrogen-bond donors (Lipinski definition) is 0. The monoisotopic (exact) mass is 542 g/mol. The average Bonchev–Trinajstić information content (AvgIpc) is 3.21. The Balaban J connectivity index is 1.63. The lowest BCUT2D eigenvalue weighted by molar-refractivity contribution is -0.0881. The summed E-state index contributed by atoms with van der Waals surface area (Å²) in [5, 5.41) is 2.20. The molecule has 0 unspecified atom stereocenters. The van der Waals surface area contributed by atoms with Gasteiger partial charge in [0.1, 0.15) is 36.5 Å². The van der Waals surface area contributed by atoms with Gasteiger partial charge in [0, 0.05) is 20.0 Å². The van der Waals surface area contributed by atoms with E-state index in [2.05, 4.69) is 0 Å². The van der Waals surface area contributed by atoms with E-state index < -0.39 is 56.3 Å². The van der Waals surface area contributed by atoms with E-state index in [0.29, 0.717) is 12.8 Å². The molecule has 14 heteroatoms. The molecule has 8 nitrogen and oxygen atoms in total. The van der Waals surface area contributed by atoms with Crippen LogP contribution >= 0.6 is 69.6 Å². The maximum absolute atomic E-state index is 12.9. The average molecular weight is 545 g/mol. The van der Waals surface area contributed by atoms with Crippen LogP contribution in [0.2, 0.25) is 0 Å². The van der Waals surface area contributed by atoms with Crippen molar-refractivity contribution in [3.8, 4) is 0 Å². The van der Waals surface area contributed by atoms with Gasteiger partial charge in [0.25, 0.3) is 0 Å². The molecule has 2 amide bonds.